The van der Waals surface area contributed by atoms with Gasteiger partial charge in [0.1, 0.15) is 0 Å². The first-order valence-electron chi connectivity index (χ1n) is 8.32. The van der Waals surface area contributed by atoms with Crippen molar-refractivity contribution in [2.75, 3.05) is 7.05 Å². The lowest BCUT2D eigenvalue weighted by molar-refractivity contribution is 0.0387. The highest BCUT2D eigenvalue weighted by Gasteiger charge is 2.22. The van der Waals surface area contributed by atoms with Crippen molar-refractivity contribution in [2.24, 2.45) is 0 Å². The molecule has 2 atom stereocenters. The molecule has 0 aliphatic heterocycles. The molecule has 0 aliphatic rings. The second kappa shape index (κ2) is 7.47. The Morgan fingerprint density at radius 2 is 1.60 bits per heavy atom. The van der Waals surface area contributed by atoms with Crippen LogP contribution in [0.4, 0.5) is 0 Å². The van der Waals surface area contributed by atoms with Crippen molar-refractivity contribution in [3.05, 3.63) is 83.9 Å². The van der Waals surface area contributed by atoms with Crippen molar-refractivity contribution in [3.63, 3.8) is 0 Å². The topological polar surface area (TPSA) is 52.6 Å². The van der Waals surface area contributed by atoms with Crippen LogP contribution in [0, 0.1) is 0 Å². The predicted octanol–water partition coefficient (Wildman–Crippen LogP) is 3.54. The molecular formula is C21H22N2O2. The number of hydrazine groups is 1. The Labute approximate surface area is 147 Å². The quantitative estimate of drug-likeness (QED) is 0.702. The average Bonchev–Trinajstić information content (AvgIpc) is 2.66. The van der Waals surface area contributed by atoms with Crippen LogP contribution >= 0.6 is 0 Å². The maximum Gasteiger partial charge on any atom is 0.266 e. The summed E-state index contributed by atoms with van der Waals surface area (Å²) < 4.78 is 0. The zero-order valence-electron chi connectivity index (χ0n) is 14.4. The molecule has 25 heavy (non-hydrogen) atoms. The number of amides is 1. The molecule has 0 aliphatic carbocycles. The number of hydrogen-bond acceptors (Lipinski definition) is 3. The van der Waals surface area contributed by atoms with E-state index in [2.05, 4.69) is 5.43 Å². The number of carbonyl (C=O) groups excluding carboxylic acids is 1. The number of hydrogen-bond donors (Lipinski definition) is 2. The van der Waals surface area contributed by atoms with E-state index in [-0.39, 0.29) is 11.9 Å². The van der Waals surface area contributed by atoms with Gasteiger partial charge in [-0.1, -0.05) is 66.7 Å². The van der Waals surface area contributed by atoms with E-state index < -0.39 is 6.10 Å². The fourth-order valence-corrected chi connectivity index (χ4v) is 2.89. The monoisotopic (exact) mass is 334 g/mol. The molecule has 0 aromatic heterocycles. The lowest BCUT2D eigenvalue weighted by Gasteiger charge is -2.29. The number of carbonyl (C=O) groups is 1. The van der Waals surface area contributed by atoms with Crippen LogP contribution in [-0.4, -0.2) is 29.1 Å². The van der Waals surface area contributed by atoms with Gasteiger partial charge >= 0.3 is 0 Å². The first-order chi connectivity index (χ1) is 12.1. The molecule has 4 heteroatoms. The molecule has 0 spiro atoms. The number of aliphatic hydroxyl groups is 1. The number of aliphatic hydroxyl groups excluding tert-OH is 1. The summed E-state index contributed by atoms with van der Waals surface area (Å²) >= 11 is 0. The summed E-state index contributed by atoms with van der Waals surface area (Å²) in [6.07, 6.45) is -0.695. The molecule has 0 heterocycles. The minimum atomic E-state index is -0.695. The van der Waals surface area contributed by atoms with Gasteiger partial charge in [-0.2, -0.15) is 0 Å². The summed E-state index contributed by atoms with van der Waals surface area (Å²) in [5.74, 6) is -0.189. The summed E-state index contributed by atoms with van der Waals surface area (Å²) in [6, 6.07) is 22.6. The number of nitrogens with zero attached hydrogens (tertiary/aromatic N) is 1. The van der Waals surface area contributed by atoms with Crippen molar-refractivity contribution in [3.8, 4) is 0 Å². The SMILES string of the molecule is C[C@@H]([C@H](O)c1ccccc1)N(C)NC(=O)c1cccc2ccccc12. The van der Waals surface area contributed by atoms with Gasteiger partial charge in [-0.25, -0.2) is 5.01 Å². The van der Waals surface area contributed by atoms with Gasteiger partial charge in [-0.3, -0.25) is 10.2 Å². The normalized spacial score (nSPS) is 13.6. The Bertz CT molecular complexity index is 859. The van der Waals surface area contributed by atoms with Crippen LogP contribution < -0.4 is 5.43 Å². The van der Waals surface area contributed by atoms with Crippen LogP contribution in [0.3, 0.4) is 0 Å². The van der Waals surface area contributed by atoms with Crippen LogP contribution in [0.25, 0.3) is 10.8 Å². The van der Waals surface area contributed by atoms with Gasteiger partial charge in [0, 0.05) is 12.6 Å². The fourth-order valence-electron chi connectivity index (χ4n) is 2.89. The first kappa shape index (κ1) is 17.1. The van der Waals surface area contributed by atoms with Gasteiger partial charge in [0.15, 0.2) is 0 Å². The van der Waals surface area contributed by atoms with Crippen molar-refractivity contribution >= 4 is 16.7 Å². The third kappa shape index (κ3) is 3.71. The molecule has 3 rings (SSSR count). The molecule has 128 valence electrons. The maximum absolute atomic E-state index is 12.7. The number of nitrogens with one attached hydrogen (secondary N) is 1. The number of fused-ring (bicyclic) bond motifs is 1. The Balaban J connectivity index is 1.75. The second-order valence-electron chi connectivity index (χ2n) is 6.17. The summed E-state index contributed by atoms with van der Waals surface area (Å²) in [5.41, 5.74) is 4.31. The maximum atomic E-state index is 12.7. The van der Waals surface area contributed by atoms with Gasteiger partial charge < -0.3 is 5.11 Å². The first-order valence-corrected chi connectivity index (χ1v) is 8.32. The van der Waals surface area contributed by atoms with E-state index in [0.29, 0.717) is 5.56 Å². The van der Waals surface area contributed by atoms with E-state index in [1.54, 1.807) is 12.1 Å². The van der Waals surface area contributed by atoms with Crippen molar-refractivity contribution < 1.29 is 9.90 Å². The zero-order chi connectivity index (χ0) is 17.8. The second-order valence-corrected chi connectivity index (χ2v) is 6.17. The van der Waals surface area contributed by atoms with Crippen molar-refractivity contribution in [1.29, 1.82) is 0 Å². The minimum Gasteiger partial charge on any atom is -0.387 e. The highest BCUT2D eigenvalue weighted by Crippen LogP contribution is 2.21. The van der Waals surface area contributed by atoms with E-state index in [1.807, 2.05) is 79.7 Å². The molecule has 0 saturated carbocycles. The number of likely N-dealkylation sites (N-methyl/N-ethyl adjacent to an activating group) is 1. The largest absolute Gasteiger partial charge is 0.387 e. The molecular weight excluding hydrogens is 312 g/mol. The Kier molecular flexibility index (Phi) is 5.12. The summed E-state index contributed by atoms with van der Waals surface area (Å²) in [4.78, 5) is 12.7. The van der Waals surface area contributed by atoms with Crippen LogP contribution in [0.5, 0.6) is 0 Å². The molecule has 0 radical (unpaired) electrons. The van der Waals surface area contributed by atoms with Gasteiger partial charge in [-0.15, -0.1) is 0 Å². The van der Waals surface area contributed by atoms with E-state index in [9.17, 15) is 9.90 Å². The van der Waals surface area contributed by atoms with E-state index in [1.165, 1.54) is 0 Å². The Hall–Kier alpha value is -2.69. The van der Waals surface area contributed by atoms with E-state index in [4.69, 9.17) is 0 Å². The summed E-state index contributed by atoms with van der Waals surface area (Å²) in [6.45, 7) is 1.88. The van der Waals surface area contributed by atoms with Crippen LogP contribution in [-0.2, 0) is 0 Å². The van der Waals surface area contributed by atoms with E-state index >= 15 is 0 Å². The Morgan fingerprint density at radius 1 is 0.960 bits per heavy atom. The lowest BCUT2D eigenvalue weighted by atomic mass is 10.0. The average molecular weight is 334 g/mol. The molecule has 4 nitrogen and oxygen atoms in total. The highest BCUT2D eigenvalue weighted by atomic mass is 16.3. The molecule has 3 aromatic rings. The van der Waals surface area contributed by atoms with Gasteiger partial charge in [-0.05, 0) is 29.3 Å². The molecule has 0 unspecified atom stereocenters. The van der Waals surface area contributed by atoms with Gasteiger partial charge in [0.2, 0.25) is 0 Å². The number of benzene rings is 3. The van der Waals surface area contributed by atoms with E-state index in [0.717, 1.165) is 16.3 Å². The standard InChI is InChI=1S/C21H22N2O2/c1-15(20(24)17-10-4-3-5-11-17)23(2)22-21(25)19-14-8-12-16-9-6-7-13-18(16)19/h3-15,20,24H,1-2H3,(H,22,25)/t15-,20-/m0/s1. The van der Waals surface area contributed by atoms with Gasteiger partial charge in [0.25, 0.3) is 5.91 Å². The molecule has 2 N–H and O–H groups in total. The van der Waals surface area contributed by atoms with Crippen LogP contribution in [0.2, 0.25) is 0 Å². The molecule has 3 aromatic carbocycles. The summed E-state index contributed by atoms with van der Waals surface area (Å²) in [7, 11) is 1.76. The third-order valence-electron chi connectivity index (χ3n) is 4.52. The van der Waals surface area contributed by atoms with Crippen LogP contribution in [0.15, 0.2) is 72.8 Å². The predicted molar refractivity (Wildman–Crippen MR) is 100 cm³/mol. The minimum absolute atomic E-state index is 0.189. The van der Waals surface area contributed by atoms with Gasteiger partial charge in [0.05, 0.1) is 12.1 Å². The third-order valence-corrected chi connectivity index (χ3v) is 4.52. The fraction of sp³-hybridized carbons (Fsp3) is 0.190. The number of rotatable bonds is 5. The molecule has 1 amide bonds. The van der Waals surface area contributed by atoms with Crippen molar-refractivity contribution in [2.45, 2.75) is 19.1 Å². The molecule has 0 saturated heterocycles. The van der Waals surface area contributed by atoms with Crippen molar-refractivity contribution in [1.82, 2.24) is 10.4 Å². The lowest BCUT2D eigenvalue weighted by Crippen LogP contribution is -2.47. The highest BCUT2D eigenvalue weighted by molar-refractivity contribution is 6.06. The Morgan fingerprint density at radius 3 is 2.36 bits per heavy atom. The molecule has 0 fully saturated rings. The zero-order valence-corrected chi connectivity index (χ0v) is 14.4. The molecule has 0 bridgehead atoms. The smallest absolute Gasteiger partial charge is 0.266 e. The van der Waals surface area contributed by atoms with Crippen LogP contribution in [0.1, 0.15) is 28.9 Å². The summed E-state index contributed by atoms with van der Waals surface area (Å²) in [5, 5.41) is 14.1.